The lowest BCUT2D eigenvalue weighted by molar-refractivity contribution is -0.133. The Bertz CT molecular complexity index is 490. The van der Waals surface area contributed by atoms with E-state index in [1.54, 1.807) is 17.2 Å². The van der Waals surface area contributed by atoms with Crippen LogP contribution in [0.25, 0.3) is 0 Å². The minimum absolute atomic E-state index is 0.00772. The lowest BCUT2D eigenvalue weighted by Crippen LogP contribution is -2.50. The second-order valence-corrected chi connectivity index (χ2v) is 6.42. The summed E-state index contributed by atoms with van der Waals surface area (Å²) in [6.07, 6.45) is 2.33. The number of H-pyrrole nitrogens is 1. The lowest BCUT2D eigenvalue weighted by atomic mass is 10.1. The molecular weight excluding hydrogens is 322 g/mol. The number of carbonyl (C=O) groups excluding carboxylic acids is 2. The Morgan fingerprint density at radius 3 is 2.35 bits per heavy atom. The molecule has 0 radical (unpaired) electrons. The molecule has 110 valence electrons. The lowest BCUT2D eigenvalue weighted by Gasteiger charge is -2.35. The van der Waals surface area contributed by atoms with E-state index in [1.807, 2.05) is 18.7 Å². The molecule has 6 heteroatoms. The van der Waals surface area contributed by atoms with E-state index in [0.717, 1.165) is 4.47 Å². The molecule has 2 amide bonds. The van der Waals surface area contributed by atoms with Gasteiger partial charge in [-0.25, -0.2) is 0 Å². The fourth-order valence-electron chi connectivity index (χ4n) is 2.30. The maximum absolute atomic E-state index is 12.2. The molecule has 1 aliphatic heterocycles. The van der Waals surface area contributed by atoms with Crippen molar-refractivity contribution < 1.29 is 9.59 Å². The van der Waals surface area contributed by atoms with Gasteiger partial charge in [0, 0.05) is 43.3 Å². The summed E-state index contributed by atoms with van der Waals surface area (Å²) in [5.74, 6) is 0.555. The molecule has 1 saturated heterocycles. The van der Waals surface area contributed by atoms with Crippen LogP contribution in [0.1, 0.15) is 30.8 Å². The van der Waals surface area contributed by atoms with Gasteiger partial charge in [-0.05, 0) is 27.9 Å². The van der Waals surface area contributed by atoms with Crippen LogP contribution in [-0.4, -0.2) is 52.8 Å². The number of hydrogen-bond acceptors (Lipinski definition) is 2. The summed E-state index contributed by atoms with van der Waals surface area (Å²) in [5.41, 5.74) is 0.582. The highest BCUT2D eigenvalue weighted by atomic mass is 79.9. The van der Waals surface area contributed by atoms with Gasteiger partial charge in [-0.2, -0.15) is 0 Å². The number of piperazine rings is 1. The van der Waals surface area contributed by atoms with Crippen molar-refractivity contribution in [2.45, 2.75) is 20.3 Å². The van der Waals surface area contributed by atoms with Crippen molar-refractivity contribution >= 4 is 27.7 Å². The van der Waals surface area contributed by atoms with E-state index in [2.05, 4.69) is 20.9 Å². The van der Waals surface area contributed by atoms with Crippen molar-refractivity contribution in [2.75, 3.05) is 26.2 Å². The standard InChI is InChI=1S/C14H20BrN3O2/c1-10(2)7-13(19)17-3-5-18(6-4-17)14(20)12-8-11(15)9-16-12/h8-10,16H,3-7H2,1-2H3. The number of carbonyl (C=O) groups is 2. The van der Waals surface area contributed by atoms with Crippen LogP contribution in [-0.2, 0) is 4.79 Å². The number of nitrogens with one attached hydrogen (secondary N) is 1. The first-order chi connectivity index (χ1) is 9.47. The van der Waals surface area contributed by atoms with Crippen molar-refractivity contribution in [2.24, 2.45) is 5.92 Å². The molecule has 0 atom stereocenters. The molecule has 2 heterocycles. The highest BCUT2D eigenvalue weighted by molar-refractivity contribution is 9.10. The zero-order chi connectivity index (χ0) is 14.7. The van der Waals surface area contributed by atoms with Crippen molar-refractivity contribution in [3.05, 3.63) is 22.4 Å². The smallest absolute Gasteiger partial charge is 0.270 e. The summed E-state index contributed by atoms with van der Waals surface area (Å²) in [4.78, 5) is 30.8. The Labute approximate surface area is 127 Å². The normalized spacial score (nSPS) is 15.8. The van der Waals surface area contributed by atoms with Crippen LogP contribution in [0.3, 0.4) is 0 Å². The van der Waals surface area contributed by atoms with Crippen LogP contribution in [0, 0.1) is 5.92 Å². The van der Waals surface area contributed by atoms with Gasteiger partial charge >= 0.3 is 0 Å². The molecule has 0 aliphatic carbocycles. The third-order valence-corrected chi connectivity index (χ3v) is 3.84. The molecule has 0 bridgehead atoms. The van der Waals surface area contributed by atoms with E-state index in [0.29, 0.717) is 44.2 Å². The molecule has 1 fully saturated rings. The summed E-state index contributed by atoms with van der Waals surface area (Å²) >= 11 is 3.32. The van der Waals surface area contributed by atoms with Gasteiger partial charge in [0.15, 0.2) is 0 Å². The van der Waals surface area contributed by atoms with Gasteiger partial charge in [-0.3, -0.25) is 9.59 Å². The second-order valence-electron chi connectivity index (χ2n) is 5.50. The molecule has 1 aliphatic rings. The number of amides is 2. The first kappa shape index (κ1) is 15.1. The summed E-state index contributed by atoms with van der Waals surface area (Å²) in [6.45, 7) is 6.53. The summed E-state index contributed by atoms with van der Waals surface area (Å²) in [5, 5.41) is 0. The predicted molar refractivity (Wildman–Crippen MR) is 80.4 cm³/mol. The Morgan fingerprint density at radius 2 is 1.85 bits per heavy atom. The molecule has 5 nitrogen and oxygen atoms in total. The fraction of sp³-hybridized carbons (Fsp3) is 0.571. The summed E-state index contributed by atoms with van der Waals surface area (Å²) < 4.78 is 0.867. The van der Waals surface area contributed by atoms with Gasteiger partial charge in [-0.15, -0.1) is 0 Å². The molecule has 0 saturated carbocycles. The molecule has 0 spiro atoms. The van der Waals surface area contributed by atoms with Crippen LogP contribution in [0.4, 0.5) is 0 Å². The Balaban J connectivity index is 1.88. The van der Waals surface area contributed by atoms with Crippen LogP contribution < -0.4 is 0 Å². The molecule has 20 heavy (non-hydrogen) atoms. The van der Waals surface area contributed by atoms with Gasteiger partial charge in [0.05, 0.1) is 0 Å². The first-order valence-electron chi connectivity index (χ1n) is 6.88. The molecule has 1 aromatic heterocycles. The second kappa shape index (κ2) is 6.43. The third-order valence-electron chi connectivity index (χ3n) is 3.38. The van der Waals surface area contributed by atoms with Gasteiger partial charge < -0.3 is 14.8 Å². The number of rotatable bonds is 3. The van der Waals surface area contributed by atoms with Crippen molar-refractivity contribution in [1.82, 2.24) is 14.8 Å². The molecule has 1 N–H and O–H groups in total. The largest absolute Gasteiger partial charge is 0.356 e. The summed E-state index contributed by atoms with van der Waals surface area (Å²) in [6, 6.07) is 1.78. The Kier molecular flexibility index (Phi) is 4.86. The van der Waals surface area contributed by atoms with Gasteiger partial charge in [0.25, 0.3) is 5.91 Å². The van der Waals surface area contributed by atoms with Crippen LogP contribution in [0.5, 0.6) is 0 Å². The van der Waals surface area contributed by atoms with Crippen LogP contribution in [0.15, 0.2) is 16.7 Å². The van der Waals surface area contributed by atoms with E-state index in [1.165, 1.54) is 0 Å². The molecule has 2 rings (SSSR count). The van der Waals surface area contributed by atoms with Crippen LogP contribution in [0.2, 0.25) is 0 Å². The van der Waals surface area contributed by atoms with Gasteiger partial charge in [0.1, 0.15) is 5.69 Å². The third kappa shape index (κ3) is 3.62. The summed E-state index contributed by atoms with van der Waals surface area (Å²) in [7, 11) is 0. The average Bonchev–Trinajstić information content (AvgIpc) is 2.84. The van der Waals surface area contributed by atoms with Crippen molar-refractivity contribution in [3.8, 4) is 0 Å². The monoisotopic (exact) mass is 341 g/mol. The van der Waals surface area contributed by atoms with E-state index < -0.39 is 0 Å². The SMILES string of the molecule is CC(C)CC(=O)N1CCN(C(=O)c2cc(Br)c[nH]2)CC1. The number of aromatic nitrogens is 1. The van der Waals surface area contributed by atoms with E-state index >= 15 is 0 Å². The fourth-order valence-corrected chi connectivity index (χ4v) is 2.64. The number of hydrogen-bond donors (Lipinski definition) is 1. The minimum atomic E-state index is -0.00772. The van der Waals surface area contributed by atoms with Crippen molar-refractivity contribution in [3.63, 3.8) is 0 Å². The van der Waals surface area contributed by atoms with E-state index in [-0.39, 0.29) is 11.8 Å². The van der Waals surface area contributed by atoms with E-state index in [4.69, 9.17) is 0 Å². The zero-order valence-corrected chi connectivity index (χ0v) is 13.4. The topological polar surface area (TPSA) is 56.4 Å². The first-order valence-corrected chi connectivity index (χ1v) is 7.67. The quantitative estimate of drug-likeness (QED) is 0.915. The number of aromatic amines is 1. The molecule has 0 unspecified atom stereocenters. The highest BCUT2D eigenvalue weighted by Crippen LogP contribution is 2.14. The molecular formula is C14H20BrN3O2. The van der Waals surface area contributed by atoms with Crippen LogP contribution >= 0.6 is 15.9 Å². The number of nitrogens with zero attached hydrogens (tertiary/aromatic N) is 2. The zero-order valence-electron chi connectivity index (χ0n) is 11.9. The number of halogens is 1. The highest BCUT2D eigenvalue weighted by Gasteiger charge is 2.25. The Hall–Kier alpha value is -1.30. The maximum atomic E-state index is 12.2. The molecule has 0 aromatic carbocycles. The van der Waals surface area contributed by atoms with Gasteiger partial charge in [0.2, 0.25) is 5.91 Å². The Morgan fingerprint density at radius 1 is 1.25 bits per heavy atom. The minimum Gasteiger partial charge on any atom is -0.356 e. The maximum Gasteiger partial charge on any atom is 0.270 e. The van der Waals surface area contributed by atoms with E-state index in [9.17, 15) is 9.59 Å². The predicted octanol–water partition coefficient (Wildman–Crippen LogP) is 2.11. The molecule has 1 aromatic rings. The van der Waals surface area contributed by atoms with Crippen molar-refractivity contribution in [1.29, 1.82) is 0 Å². The van der Waals surface area contributed by atoms with Gasteiger partial charge in [-0.1, -0.05) is 13.8 Å². The average molecular weight is 342 g/mol.